The van der Waals surface area contributed by atoms with Gasteiger partial charge in [0, 0.05) is 5.92 Å². The highest BCUT2D eigenvalue weighted by Crippen LogP contribution is 2.44. The number of fused-ring (bicyclic) bond motifs is 3. The van der Waals surface area contributed by atoms with Crippen molar-refractivity contribution >= 4 is 19.9 Å². The Morgan fingerprint density at radius 1 is 1.09 bits per heavy atom. The summed E-state index contributed by atoms with van der Waals surface area (Å²) in [5.41, 5.74) is 4.12. The van der Waals surface area contributed by atoms with Gasteiger partial charge >= 0.3 is 12.1 Å². The Balaban J connectivity index is 1.59. The van der Waals surface area contributed by atoms with E-state index in [1.807, 2.05) is 69.7 Å². The van der Waals surface area contributed by atoms with Crippen molar-refractivity contribution in [2.45, 2.75) is 25.0 Å². The molecule has 2 aromatic rings. The fourth-order valence-electron chi connectivity index (χ4n) is 3.87. The molecule has 0 spiro atoms. The van der Waals surface area contributed by atoms with Gasteiger partial charge in [-0.05, 0) is 29.2 Å². The number of likely N-dealkylation sites (N-methyl/N-ethyl adjacent to an activating group) is 1. The van der Waals surface area contributed by atoms with Crippen LogP contribution in [-0.2, 0) is 23.1 Å². The lowest BCUT2D eigenvalue weighted by molar-refractivity contribution is -0.870. The maximum atomic E-state index is 12.5. The Bertz CT molecular complexity index is 1070. The molecule has 1 amide bonds. The zero-order valence-corrected chi connectivity index (χ0v) is 21.1. The van der Waals surface area contributed by atoms with Gasteiger partial charge in [0.25, 0.3) is 7.82 Å². The van der Waals surface area contributed by atoms with Gasteiger partial charge in [-0.25, -0.2) is 9.59 Å². The number of carbonyl (C=O) groups excluding carboxylic acids is 1. The molecule has 3 unspecified atom stereocenters. The Labute approximate surface area is 204 Å². The van der Waals surface area contributed by atoms with Gasteiger partial charge in [-0.15, -0.1) is 0 Å². The van der Waals surface area contributed by atoms with E-state index in [0.717, 1.165) is 22.3 Å². The normalized spacial score (nSPS) is 16.5. The minimum Gasteiger partial charge on any atom is -0.756 e. The second-order valence-electron chi connectivity index (χ2n) is 9.39. The van der Waals surface area contributed by atoms with Gasteiger partial charge in [-0.2, -0.15) is 0 Å². The molecule has 0 radical (unpaired) electrons. The topological polar surface area (TPSA) is 134 Å². The predicted octanol–water partition coefficient (Wildman–Crippen LogP) is 2.57. The highest BCUT2D eigenvalue weighted by molar-refractivity contribution is 7.45. The van der Waals surface area contributed by atoms with Gasteiger partial charge in [-0.1, -0.05) is 48.5 Å². The zero-order valence-electron chi connectivity index (χ0n) is 20.2. The number of nitrogens with zero attached hydrogens (tertiary/aromatic N) is 1. The van der Waals surface area contributed by atoms with Crippen LogP contribution in [0.4, 0.5) is 4.79 Å². The van der Waals surface area contributed by atoms with Gasteiger partial charge < -0.3 is 33.6 Å². The van der Waals surface area contributed by atoms with E-state index in [-0.39, 0.29) is 19.1 Å². The van der Waals surface area contributed by atoms with E-state index < -0.39 is 32.0 Å². The van der Waals surface area contributed by atoms with Crippen molar-refractivity contribution in [1.82, 2.24) is 5.32 Å². The minimum atomic E-state index is -4.79. The van der Waals surface area contributed by atoms with E-state index in [4.69, 9.17) is 13.8 Å². The average Bonchev–Trinajstić information content (AvgIpc) is 3.08. The summed E-state index contributed by atoms with van der Waals surface area (Å²) in [6.07, 6.45) is -2.43. The summed E-state index contributed by atoms with van der Waals surface area (Å²) < 4.78 is 27.6. The van der Waals surface area contributed by atoms with Crippen LogP contribution in [0.2, 0.25) is 0 Å². The summed E-state index contributed by atoms with van der Waals surface area (Å²) >= 11 is 0. The average molecular weight is 506 g/mol. The molecule has 2 N–H and O–H groups in total. The third-order valence-corrected chi connectivity index (χ3v) is 6.75. The first-order valence-electron chi connectivity index (χ1n) is 11.2. The summed E-state index contributed by atoms with van der Waals surface area (Å²) in [4.78, 5) is 36.3. The molecule has 3 rings (SSSR count). The number of alkyl carbamates (subject to hydrolysis) is 1. The van der Waals surface area contributed by atoms with Crippen LogP contribution in [0.5, 0.6) is 0 Å². The lowest BCUT2D eigenvalue weighted by Crippen LogP contribution is -2.49. The number of phosphoric acid groups is 1. The van der Waals surface area contributed by atoms with Crippen molar-refractivity contribution < 1.29 is 42.4 Å². The lowest BCUT2D eigenvalue weighted by atomic mass is 9.98. The maximum absolute atomic E-state index is 12.5. The highest BCUT2D eigenvalue weighted by Gasteiger charge is 2.33. The van der Waals surface area contributed by atoms with Crippen molar-refractivity contribution in [3.63, 3.8) is 0 Å². The minimum absolute atomic E-state index is 0.0182. The first-order valence-corrected chi connectivity index (χ1v) is 12.6. The number of amides is 1. The summed E-state index contributed by atoms with van der Waals surface area (Å²) in [5.74, 6) is -1.68. The zero-order chi connectivity index (χ0) is 25.8. The first kappa shape index (κ1) is 26.8. The third-order valence-electron chi connectivity index (χ3n) is 5.66. The summed E-state index contributed by atoms with van der Waals surface area (Å²) in [6.45, 7) is 1.46. The van der Waals surface area contributed by atoms with Crippen LogP contribution in [0, 0.1) is 0 Å². The molecule has 190 valence electrons. The number of carbonyl (C=O) groups is 2. The Kier molecular flexibility index (Phi) is 8.35. The van der Waals surface area contributed by atoms with Crippen molar-refractivity contribution in [2.75, 3.05) is 40.9 Å². The number of carboxylic acids is 1. The van der Waals surface area contributed by atoms with Gasteiger partial charge in [0.15, 0.2) is 6.04 Å². The van der Waals surface area contributed by atoms with Gasteiger partial charge in [0.2, 0.25) is 0 Å². The van der Waals surface area contributed by atoms with E-state index in [0.29, 0.717) is 11.0 Å². The van der Waals surface area contributed by atoms with Crippen LogP contribution >= 0.6 is 7.82 Å². The van der Waals surface area contributed by atoms with Crippen molar-refractivity contribution in [2.24, 2.45) is 0 Å². The molecule has 0 fully saturated rings. The number of hydrogen-bond acceptors (Lipinski definition) is 7. The Hall–Kier alpha value is -2.75. The van der Waals surface area contributed by atoms with Crippen LogP contribution in [0.3, 0.4) is 0 Å². The molecule has 0 aromatic heterocycles. The molecule has 0 heterocycles. The first-order chi connectivity index (χ1) is 16.4. The standard InChI is InChI=1S/C24H31N2O8P/c1-16(34-35(30,31)33-14-13-26(2,3)4)22(23(27)28)25-24(29)32-15-21-19-11-7-5-9-17(19)18-10-6-8-12-20(18)21/h5-12,16,21-22H,13-15H2,1-4H3,(H2-,25,27,28,29,30,31). The second kappa shape index (κ2) is 10.9. The van der Waals surface area contributed by atoms with E-state index in [1.165, 1.54) is 6.92 Å². The molecule has 2 aromatic carbocycles. The third kappa shape index (κ3) is 7.13. The molecular formula is C24H31N2O8P. The van der Waals surface area contributed by atoms with Crippen LogP contribution < -0.4 is 10.2 Å². The van der Waals surface area contributed by atoms with Crippen LogP contribution in [-0.4, -0.2) is 74.7 Å². The van der Waals surface area contributed by atoms with E-state index in [2.05, 4.69) is 5.32 Å². The number of benzene rings is 2. The molecular weight excluding hydrogens is 475 g/mol. The summed E-state index contributed by atoms with van der Waals surface area (Å²) in [7, 11) is 0.794. The van der Waals surface area contributed by atoms with Crippen molar-refractivity contribution in [3.8, 4) is 11.1 Å². The number of phosphoric ester groups is 1. The fourth-order valence-corrected chi connectivity index (χ4v) is 4.76. The summed E-state index contributed by atoms with van der Waals surface area (Å²) in [6, 6.07) is 13.9. The SMILES string of the molecule is CC(OP(=O)([O-])OCC[N+](C)(C)C)C(NC(=O)OCC1c2ccccc2-c2ccccc21)C(=O)O. The monoisotopic (exact) mass is 506 g/mol. The Morgan fingerprint density at radius 2 is 1.63 bits per heavy atom. The predicted molar refractivity (Wildman–Crippen MR) is 127 cm³/mol. The molecule has 0 saturated carbocycles. The molecule has 10 nitrogen and oxygen atoms in total. The molecule has 0 bridgehead atoms. The number of rotatable bonds is 11. The van der Waals surface area contributed by atoms with E-state index >= 15 is 0 Å². The number of hydrogen-bond donors (Lipinski definition) is 2. The Morgan fingerprint density at radius 3 is 2.14 bits per heavy atom. The second-order valence-corrected chi connectivity index (χ2v) is 10.8. The molecule has 0 saturated heterocycles. The fraction of sp³-hybridized carbons (Fsp3) is 0.417. The number of quaternary nitrogens is 1. The molecule has 35 heavy (non-hydrogen) atoms. The lowest BCUT2D eigenvalue weighted by Gasteiger charge is -2.30. The molecule has 11 heteroatoms. The van der Waals surface area contributed by atoms with E-state index in [9.17, 15) is 24.2 Å². The molecule has 1 aliphatic rings. The maximum Gasteiger partial charge on any atom is 0.407 e. The van der Waals surface area contributed by atoms with Crippen LogP contribution in [0.25, 0.3) is 11.1 Å². The number of carboxylic acid groups (broad SMARTS) is 1. The van der Waals surface area contributed by atoms with Gasteiger partial charge in [0.05, 0.1) is 27.2 Å². The smallest absolute Gasteiger partial charge is 0.407 e. The number of nitrogens with one attached hydrogen (secondary N) is 1. The summed E-state index contributed by atoms with van der Waals surface area (Å²) in [5, 5.41) is 11.7. The highest BCUT2D eigenvalue weighted by atomic mass is 31.2. The molecule has 1 aliphatic carbocycles. The van der Waals surface area contributed by atoms with Gasteiger partial charge in [-0.3, -0.25) is 4.57 Å². The van der Waals surface area contributed by atoms with Crippen LogP contribution in [0.1, 0.15) is 24.0 Å². The van der Waals surface area contributed by atoms with E-state index in [1.54, 1.807) is 0 Å². The molecule has 3 atom stereocenters. The van der Waals surface area contributed by atoms with Crippen molar-refractivity contribution in [1.29, 1.82) is 0 Å². The molecule has 0 aliphatic heterocycles. The van der Waals surface area contributed by atoms with Crippen LogP contribution in [0.15, 0.2) is 48.5 Å². The quantitative estimate of drug-likeness (QED) is 0.351. The number of aliphatic carboxylic acids is 1. The largest absolute Gasteiger partial charge is 0.756 e. The van der Waals surface area contributed by atoms with Gasteiger partial charge in [0.1, 0.15) is 19.8 Å². The van der Waals surface area contributed by atoms with Crippen molar-refractivity contribution in [3.05, 3.63) is 59.7 Å². The number of ether oxygens (including phenoxy) is 1.